The Labute approximate surface area is 211 Å². The molecule has 3 aromatic carbocycles. The van der Waals surface area contributed by atoms with Gasteiger partial charge in [0.05, 0.1) is 23.0 Å². The van der Waals surface area contributed by atoms with Gasteiger partial charge in [0, 0.05) is 12.4 Å². The lowest BCUT2D eigenvalue weighted by Crippen LogP contribution is -2.68. The van der Waals surface area contributed by atoms with Crippen LogP contribution in [0, 0.1) is 11.3 Å². The van der Waals surface area contributed by atoms with Crippen LogP contribution in [-0.4, -0.2) is 24.0 Å². The maximum Gasteiger partial charge on any atom is 0.380 e. The van der Waals surface area contributed by atoms with Gasteiger partial charge in [0.1, 0.15) is 0 Å². The van der Waals surface area contributed by atoms with Crippen LogP contribution in [0.3, 0.4) is 0 Å². The van der Waals surface area contributed by atoms with Crippen LogP contribution in [0.1, 0.15) is 17.0 Å². The van der Waals surface area contributed by atoms with E-state index in [4.69, 9.17) is 9.68 Å². The molecule has 0 fully saturated rings. The summed E-state index contributed by atoms with van der Waals surface area (Å²) in [6, 6.07) is 41.8. The molecule has 2 aromatic heterocycles. The highest BCUT2D eigenvalue weighted by Gasteiger charge is 2.45. The summed E-state index contributed by atoms with van der Waals surface area (Å²) in [6.07, 6.45) is 3.30. The monoisotopic (exact) mass is 482 g/mol. The molecule has 172 valence electrons. The highest BCUT2D eigenvalue weighted by Crippen LogP contribution is 2.14. The third kappa shape index (κ3) is 4.56. The second kappa shape index (κ2) is 10.6. The smallest absolute Gasteiger partial charge is 0.380 e. The number of nitriles is 1. The van der Waals surface area contributed by atoms with E-state index in [1.807, 2.05) is 72.8 Å². The van der Waals surface area contributed by atoms with Gasteiger partial charge in [-0.1, -0.05) is 102 Å². The van der Waals surface area contributed by atoms with Crippen molar-refractivity contribution in [3.8, 4) is 6.07 Å². The Balaban J connectivity index is 1.76. The van der Waals surface area contributed by atoms with Gasteiger partial charge in [0.15, 0.2) is 5.71 Å². The van der Waals surface area contributed by atoms with E-state index in [0.29, 0.717) is 22.7 Å². The molecule has 0 saturated carbocycles. The number of pyridine rings is 2. The van der Waals surface area contributed by atoms with Crippen LogP contribution in [0.4, 0.5) is 0 Å². The normalized spacial score (nSPS) is 11.5. The van der Waals surface area contributed by atoms with Crippen molar-refractivity contribution in [3.05, 3.63) is 151 Å². The topological polar surface area (TPSA) is 71.2 Å². The van der Waals surface area contributed by atoms with Crippen molar-refractivity contribution in [2.24, 2.45) is 5.16 Å². The molecule has 5 nitrogen and oxygen atoms in total. The van der Waals surface area contributed by atoms with Gasteiger partial charge in [0.25, 0.3) is 0 Å². The van der Waals surface area contributed by atoms with E-state index in [9.17, 15) is 5.26 Å². The Morgan fingerprint density at radius 3 is 1.67 bits per heavy atom. The van der Waals surface area contributed by atoms with Gasteiger partial charge in [-0.25, -0.2) is 0 Å². The molecule has 0 radical (unpaired) electrons. The molecule has 0 aliphatic heterocycles. The predicted molar refractivity (Wildman–Crippen MR) is 144 cm³/mol. The number of nitrogens with zero attached hydrogens (tertiary/aromatic N) is 4. The zero-order valence-corrected chi connectivity index (χ0v) is 20.4. The molecular weight excluding hydrogens is 460 g/mol. The third-order valence-electron chi connectivity index (χ3n) is 5.85. The first-order valence-corrected chi connectivity index (χ1v) is 13.4. The fraction of sp³-hybridized carbons (Fsp3) is 0. The zero-order chi connectivity index (χ0) is 24.6. The largest absolute Gasteiger partial charge is 0.437 e. The Kier molecular flexibility index (Phi) is 6.74. The van der Waals surface area contributed by atoms with E-state index in [-0.39, 0.29) is 0 Å². The van der Waals surface area contributed by atoms with Crippen molar-refractivity contribution < 1.29 is 4.53 Å². The number of rotatable bonds is 7. The van der Waals surface area contributed by atoms with Crippen LogP contribution in [0.25, 0.3) is 0 Å². The standard InChI is InChI=1S/C30H22N4OSi/c31-23-24-19-21-33-29(22-24)30(28-18-10-11-20-32-28)34-35-36(25-12-4-1-5-13-25,26-14-6-2-7-15-26)27-16-8-3-9-17-27/h1-22H. The summed E-state index contributed by atoms with van der Waals surface area (Å²) < 4.78 is 6.80. The lowest BCUT2D eigenvalue weighted by Gasteiger charge is -2.30. The average Bonchev–Trinajstić information content (AvgIpc) is 2.97. The fourth-order valence-corrected chi connectivity index (χ4v) is 7.68. The maximum atomic E-state index is 9.46. The molecule has 0 N–H and O–H groups in total. The Bertz CT molecular complexity index is 1410. The summed E-state index contributed by atoms with van der Waals surface area (Å²) in [5.74, 6) is 0. The SMILES string of the molecule is N#Cc1ccnc(C(=NO[Si](c2ccccc2)(c2ccccc2)c2ccccc2)c2ccccn2)c1. The van der Waals surface area contributed by atoms with Crippen LogP contribution < -0.4 is 15.6 Å². The molecule has 36 heavy (non-hydrogen) atoms. The Morgan fingerprint density at radius 2 is 1.17 bits per heavy atom. The van der Waals surface area contributed by atoms with Crippen molar-refractivity contribution in [2.45, 2.75) is 0 Å². The van der Waals surface area contributed by atoms with E-state index in [2.05, 4.69) is 52.4 Å². The van der Waals surface area contributed by atoms with Crippen LogP contribution in [0.2, 0.25) is 0 Å². The maximum absolute atomic E-state index is 9.46. The number of benzene rings is 3. The third-order valence-corrected chi connectivity index (χ3v) is 9.66. The number of aromatic nitrogens is 2. The molecule has 5 aromatic rings. The van der Waals surface area contributed by atoms with Gasteiger partial charge < -0.3 is 4.53 Å². The van der Waals surface area contributed by atoms with Gasteiger partial charge in [-0.15, -0.1) is 0 Å². The second-order valence-electron chi connectivity index (χ2n) is 8.07. The van der Waals surface area contributed by atoms with Crippen LogP contribution in [-0.2, 0) is 4.53 Å². The molecule has 0 bridgehead atoms. The molecule has 0 amide bonds. The number of hydrogen-bond donors (Lipinski definition) is 0. The van der Waals surface area contributed by atoms with Crippen molar-refractivity contribution in [1.82, 2.24) is 9.97 Å². The average molecular weight is 483 g/mol. The van der Waals surface area contributed by atoms with Crippen LogP contribution >= 0.6 is 0 Å². The number of hydrogen-bond acceptors (Lipinski definition) is 5. The van der Waals surface area contributed by atoms with Gasteiger partial charge in [0.2, 0.25) is 0 Å². The molecule has 6 heteroatoms. The summed E-state index contributed by atoms with van der Waals surface area (Å²) in [6.45, 7) is 0. The van der Waals surface area contributed by atoms with Crippen molar-refractivity contribution in [3.63, 3.8) is 0 Å². The van der Waals surface area contributed by atoms with Crippen molar-refractivity contribution >= 4 is 29.6 Å². The van der Waals surface area contributed by atoms with Gasteiger partial charge >= 0.3 is 8.32 Å². The highest BCUT2D eigenvalue weighted by atomic mass is 28.4. The fourth-order valence-electron chi connectivity index (χ4n) is 4.15. The summed E-state index contributed by atoms with van der Waals surface area (Å²) in [7, 11) is -3.08. The van der Waals surface area contributed by atoms with E-state index < -0.39 is 8.32 Å². The van der Waals surface area contributed by atoms with Crippen LogP contribution in [0.15, 0.2) is 139 Å². The summed E-state index contributed by atoms with van der Waals surface area (Å²) >= 11 is 0. The van der Waals surface area contributed by atoms with E-state index in [0.717, 1.165) is 15.6 Å². The molecule has 0 atom stereocenters. The molecule has 5 rings (SSSR count). The van der Waals surface area contributed by atoms with E-state index >= 15 is 0 Å². The van der Waals surface area contributed by atoms with E-state index in [1.54, 1.807) is 24.5 Å². The first-order chi connectivity index (χ1) is 17.8. The van der Waals surface area contributed by atoms with Gasteiger partial charge in [-0.3, -0.25) is 9.97 Å². The Morgan fingerprint density at radius 1 is 0.639 bits per heavy atom. The van der Waals surface area contributed by atoms with E-state index in [1.165, 1.54) is 0 Å². The lowest BCUT2D eigenvalue weighted by molar-refractivity contribution is 0.349. The minimum Gasteiger partial charge on any atom is -0.437 e. The predicted octanol–water partition coefficient (Wildman–Crippen LogP) is 3.78. The Hall–Kier alpha value is -4.86. The molecule has 0 aliphatic rings. The summed E-state index contributed by atoms with van der Waals surface area (Å²) in [5.41, 5.74) is 2.08. The quantitative estimate of drug-likeness (QED) is 0.153. The first kappa shape index (κ1) is 22.9. The van der Waals surface area contributed by atoms with Gasteiger partial charge in [-0.05, 0) is 39.8 Å². The van der Waals surface area contributed by atoms with Crippen molar-refractivity contribution in [1.29, 1.82) is 5.26 Å². The minimum absolute atomic E-state index is 0.465. The molecule has 0 saturated heterocycles. The minimum atomic E-state index is -3.08. The van der Waals surface area contributed by atoms with Crippen molar-refractivity contribution in [2.75, 3.05) is 0 Å². The molecular formula is C30H22N4OSi. The first-order valence-electron chi connectivity index (χ1n) is 11.5. The number of oxime groups is 1. The van der Waals surface area contributed by atoms with Crippen LogP contribution in [0.5, 0.6) is 0 Å². The second-order valence-corrected chi connectivity index (χ2v) is 11.3. The zero-order valence-electron chi connectivity index (χ0n) is 19.4. The summed E-state index contributed by atoms with van der Waals surface area (Å²) in [4.78, 5) is 9.01. The highest BCUT2D eigenvalue weighted by molar-refractivity contribution is 7.07. The molecule has 0 spiro atoms. The molecule has 0 aliphatic carbocycles. The van der Waals surface area contributed by atoms with Gasteiger partial charge in [-0.2, -0.15) is 5.26 Å². The lowest BCUT2D eigenvalue weighted by atomic mass is 10.1. The molecule has 0 unspecified atom stereocenters. The summed E-state index contributed by atoms with van der Waals surface area (Å²) in [5, 5.41) is 17.4. The molecule has 2 heterocycles.